The summed E-state index contributed by atoms with van der Waals surface area (Å²) in [7, 11) is 0. The molecule has 0 fully saturated rings. The number of benzene rings is 1. The summed E-state index contributed by atoms with van der Waals surface area (Å²) in [5.74, 6) is -0.941. The first-order valence-electron chi connectivity index (χ1n) is 6.68. The molecule has 0 bridgehead atoms. The molecule has 0 amide bonds. The van der Waals surface area contributed by atoms with E-state index in [0.717, 1.165) is 22.2 Å². The summed E-state index contributed by atoms with van der Waals surface area (Å²) in [6, 6.07) is 3.78. The van der Waals surface area contributed by atoms with Gasteiger partial charge in [0.1, 0.15) is 0 Å². The number of aliphatic hydroxyl groups is 1. The largest absolute Gasteiger partial charge is 0.478 e. The highest BCUT2D eigenvalue weighted by Crippen LogP contribution is 2.30. The second kappa shape index (κ2) is 5.64. The van der Waals surface area contributed by atoms with Crippen LogP contribution in [0.25, 0.3) is 10.9 Å². The maximum Gasteiger partial charge on any atom is 0.338 e. The lowest BCUT2D eigenvalue weighted by Gasteiger charge is -2.09. The van der Waals surface area contributed by atoms with Crippen LogP contribution in [-0.2, 0) is 13.0 Å². The van der Waals surface area contributed by atoms with E-state index in [1.54, 1.807) is 6.92 Å². The molecule has 0 atom stereocenters. The van der Waals surface area contributed by atoms with Crippen LogP contribution in [0.5, 0.6) is 0 Å². The number of aromatic carboxylic acids is 1. The van der Waals surface area contributed by atoms with Crippen molar-refractivity contribution < 1.29 is 15.0 Å². The third-order valence-electron chi connectivity index (χ3n) is 3.75. The Hall–Kier alpha value is -1.85. The number of hydrogen-bond donors (Lipinski definition) is 3. The molecular formula is C15H20N2O3. The summed E-state index contributed by atoms with van der Waals surface area (Å²) in [5.41, 5.74) is 9.42. The summed E-state index contributed by atoms with van der Waals surface area (Å²) < 4.78 is 1.89. The molecule has 0 spiro atoms. The number of nitrogens with zero attached hydrogens (tertiary/aromatic N) is 1. The Morgan fingerprint density at radius 1 is 1.35 bits per heavy atom. The van der Waals surface area contributed by atoms with Crippen LogP contribution < -0.4 is 5.73 Å². The molecule has 0 saturated carbocycles. The minimum absolute atomic E-state index is 0.0281. The van der Waals surface area contributed by atoms with Crippen LogP contribution in [-0.4, -0.2) is 33.9 Å². The summed E-state index contributed by atoms with van der Waals surface area (Å²) in [6.45, 7) is 4.60. The van der Waals surface area contributed by atoms with Gasteiger partial charge in [-0.25, -0.2) is 4.79 Å². The number of aliphatic hydroxyl groups excluding tert-OH is 1. The van der Waals surface area contributed by atoms with E-state index in [9.17, 15) is 15.0 Å². The Bertz CT molecular complexity index is 659. The average Bonchev–Trinajstić information content (AvgIpc) is 2.65. The Balaban J connectivity index is 2.89. The molecule has 0 aliphatic rings. The molecule has 0 unspecified atom stereocenters. The molecule has 4 N–H and O–H groups in total. The maximum atomic E-state index is 11.6. The number of rotatable bonds is 5. The number of carbonyl (C=O) groups is 1. The zero-order valence-corrected chi connectivity index (χ0v) is 11.8. The molecule has 108 valence electrons. The second-order valence-corrected chi connectivity index (χ2v) is 4.94. The van der Waals surface area contributed by atoms with E-state index in [4.69, 9.17) is 5.73 Å². The van der Waals surface area contributed by atoms with Gasteiger partial charge in [-0.2, -0.15) is 0 Å². The van der Waals surface area contributed by atoms with E-state index in [1.165, 1.54) is 0 Å². The first-order valence-corrected chi connectivity index (χ1v) is 6.68. The number of carboxylic acid groups (broad SMARTS) is 1. The van der Waals surface area contributed by atoms with Crippen molar-refractivity contribution in [3.63, 3.8) is 0 Å². The Morgan fingerprint density at radius 3 is 2.60 bits per heavy atom. The van der Waals surface area contributed by atoms with Gasteiger partial charge in [-0.15, -0.1) is 0 Å². The van der Waals surface area contributed by atoms with Gasteiger partial charge < -0.3 is 20.5 Å². The molecule has 1 aromatic carbocycles. The smallest absolute Gasteiger partial charge is 0.338 e. The molecule has 2 aromatic rings. The summed E-state index contributed by atoms with van der Waals surface area (Å²) >= 11 is 0. The Morgan fingerprint density at radius 2 is 2.05 bits per heavy atom. The number of nitrogens with two attached hydrogens (primary N) is 1. The highest BCUT2D eigenvalue weighted by Gasteiger charge is 2.20. The lowest BCUT2D eigenvalue weighted by Crippen LogP contribution is -2.09. The van der Waals surface area contributed by atoms with Crippen molar-refractivity contribution in [1.29, 1.82) is 0 Å². The van der Waals surface area contributed by atoms with E-state index in [0.29, 0.717) is 30.6 Å². The van der Waals surface area contributed by atoms with Crippen LogP contribution in [0.4, 0.5) is 0 Å². The predicted octanol–water partition coefficient (Wildman–Crippen LogP) is 1.45. The highest BCUT2D eigenvalue weighted by atomic mass is 16.4. The van der Waals surface area contributed by atoms with E-state index in [2.05, 4.69) is 0 Å². The number of fused-ring (bicyclic) bond motifs is 1. The van der Waals surface area contributed by atoms with Crippen LogP contribution in [0.3, 0.4) is 0 Å². The molecule has 1 heterocycles. The van der Waals surface area contributed by atoms with Crippen molar-refractivity contribution in [1.82, 2.24) is 4.57 Å². The second-order valence-electron chi connectivity index (χ2n) is 4.94. The van der Waals surface area contributed by atoms with Gasteiger partial charge in [-0.1, -0.05) is 12.1 Å². The zero-order valence-electron chi connectivity index (χ0n) is 11.8. The van der Waals surface area contributed by atoms with Crippen molar-refractivity contribution in [2.45, 2.75) is 26.8 Å². The van der Waals surface area contributed by atoms with E-state index in [-0.39, 0.29) is 6.61 Å². The number of hydrogen-bond acceptors (Lipinski definition) is 3. The Kier molecular flexibility index (Phi) is 4.11. The summed E-state index contributed by atoms with van der Waals surface area (Å²) in [4.78, 5) is 11.6. The third-order valence-corrected chi connectivity index (χ3v) is 3.75. The third kappa shape index (κ3) is 2.19. The van der Waals surface area contributed by atoms with Crippen molar-refractivity contribution in [2.24, 2.45) is 5.73 Å². The monoisotopic (exact) mass is 276 g/mol. The quantitative estimate of drug-likeness (QED) is 0.771. The summed E-state index contributed by atoms with van der Waals surface area (Å²) in [6.07, 6.45) is 0.697. The first kappa shape index (κ1) is 14.6. The topological polar surface area (TPSA) is 88.5 Å². The number of aryl methyl sites for hydroxylation is 1. The summed E-state index contributed by atoms with van der Waals surface area (Å²) in [5, 5.41) is 19.7. The molecule has 0 aliphatic heterocycles. The van der Waals surface area contributed by atoms with Crippen LogP contribution in [0.1, 0.15) is 27.2 Å². The van der Waals surface area contributed by atoms with Crippen LogP contribution >= 0.6 is 0 Å². The molecule has 5 heteroatoms. The fourth-order valence-electron chi connectivity index (χ4n) is 2.85. The highest BCUT2D eigenvalue weighted by molar-refractivity contribution is 6.05. The average molecular weight is 276 g/mol. The van der Waals surface area contributed by atoms with Crippen LogP contribution in [0.2, 0.25) is 0 Å². The van der Waals surface area contributed by atoms with Gasteiger partial charge in [0.05, 0.1) is 17.7 Å². The van der Waals surface area contributed by atoms with Crippen molar-refractivity contribution in [3.8, 4) is 0 Å². The normalized spacial score (nSPS) is 11.2. The molecule has 20 heavy (non-hydrogen) atoms. The first-order chi connectivity index (χ1) is 9.52. The maximum absolute atomic E-state index is 11.6. The molecule has 0 radical (unpaired) electrons. The van der Waals surface area contributed by atoms with Gasteiger partial charge >= 0.3 is 5.97 Å². The zero-order chi connectivity index (χ0) is 14.9. The van der Waals surface area contributed by atoms with Crippen LogP contribution in [0, 0.1) is 13.8 Å². The van der Waals surface area contributed by atoms with Gasteiger partial charge in [0.2, 0.25) is 0 Å². The van der Waals surface area contributed by atoms with Crippen molar-refractivity contribution in [2.75, 3.05) is 13.2 Å². The standard InChI is InChI=1S/C15H20N2O3/c1-9-3-4-12-11(5-6-16)10(2)17(7-8-18)14(12)13(9)15(19)20/h3-4,18H,5-8,16H2,1-2H3,(H,19,20). The van der Waals surface area contributed by atoms with E-state index >= 15 is 0 Å². The minimum atomic E-state index is -0.941. The SMILES string of the molecule is Cc1ccc2c(CCN)c(C)n(CCO)c2c1C(=O)O. The molecule has 2 rings (SSSR count). The van der Waals surface area contributed by atoms with Gasteiger partial charge in [0, 0.05) is 17.6 Å². The number of aromatic nitrogens is 1. The van der Waals surface area contributed by atoms with Gasteiger partial charge in [-0.3, -0.25) is 0 Å². The fourth-order valence-corrected chi connectivity index (χ4v) is 2.85. The lowest BCUT2D eigenvalue weighted by molar-refractivity contribution is 0.0697. The van der Waals surface area contributed by atoms with E-state index in [1.807, 2.05) is 23.6 Å². The molecule has 0 saturated heterocycles. The van der Waals surface area contributed by atoms with Crippen LogP contribution in [0.15, 0.2) is 12.1 Å². The van der Waals surface area contributed by atoms with E-state index < -0.39 is 5.97 Å². The fraction of sp³-hybridized carbons (Fsp3) is 0.400. The minimum Gasteiger partial charge on any atom is -0.478 e. The molecule has 1 aromatic heterocycles. The molecule has 5 nitrogen and oxygen atoms in total. The lowest BCUT2D eigenvalue weighted by atomic mass is 10.0. The predicted molar refractivity (Wildman–Crippen MR) is 78.2 cm³/mol. The van der Waals surface area contributed by atoms with Crippen molar-refractivity contribution >= 4 is 16.9 Å². The molecule has 0 aliphatic carbocycles. The van der Waals surface area contributed by atoms with Gasteiger partial charge in [-0.05, 0) is 37.9 Å². The van der Waals surface area contributed by atoms with Crippen molar-refractivity contribution in [3.05, 3.63) is 34.5 Å². The molecular weight excluding hydrogens is 256 g/mol. The number of carboxylic acids is 1. The van der Waals surface area contributed by atoms with Gasteiger partial charge in [0.15, 0.2) is 0 Å². The van der Waals surface area contributed by atoms with Gasteiger partial charge in [0.25, 0.3) is 0 Å². The Labute approximate surface area is 117 Å².